The third-order valence-corrected chi connectivity index (χ3v) is 5.69. The number of carboxylic acid groups (broad SMARTS) is 1. The molecule has 2 atom stereocenters. The second-order valence-corrected chi connectivity index (χ2v) is 12.2. The Kier molecular flexibility index (Phi) is 9.91. The zero-order valence-corrected chi connectivity index (χ0v) is 22.9. The monoisotopic (exact) mass is 488 g/mol. The molecule has 1 rings (SSSR count). The largest absolute Gasteiger partial charge is 0.481 e. The SMILES string of the molecule is C=C[C@H]1/C=C/C(C(C)(C)C)=C/CC(C(=O)OC(C)(C)C)(C(=O)OC(C)(C)C)C/C=C/C[C@H]1C(=O)O. The van der Waals surface area contributed by atoms with Crippen molar-refractivity contribution in [3.8, 4) is 0 Å². The average molecular weight is 489 g/mol. The van der Waals surface area contributed by atoms with Gasteiger partial charge < -0.3 is 14.6 Å². The van der Waals surface area contributed by atoms with Crippen molar-refractivity contribution in [2.75, 3.05) is 0 Å². The van der Waals surface area contributed by atoms with E-state index in [9.17, 15) is 19.5 Å². The molecule has 0 spiro atoms. The van der Waals surface area contributed by atoms with Crippen LogP contribution in [0, 0.1) is 22.7 Å². The summed E-state index contributed by atoms with van der Waals surface area (Å²) in [6.07, 6.45) is 11.0. The highest BCUT2D eigenvalue weighted by molar-refractivity contribution is 6.00. The van der Waals surface area contributed by atoms with Crippen molar-refractivity contribution in [2.45, 2.75) is 92.8 Å². The maximum Gasteiger partial charge on any atom is 0.324 e. The van der Waals surface area contributed by atoms with E-state index in [0.29, 0.717) is 0 Å². The van der Waals surface area contributed by atoms with Crippen LogP contribution in [0.1, 0.15) is 81.6 Å². The molecule has 35 heavy (non-hydrogen) atoms. The summed E-state index contributed by atoms with van der Waals surface area (Å²) in [5, 5.41) is 9.83. The van der Waals surface area contributed by atoms with Crippen LogP contribution in [0.3, 0.4) is 0 Å². The zero-order chi connectivity index (χ0) is 27.2. The molecule has 0 aromatic heterocycles. The minimum atomic E-state index is -1.61. The third-order valence-electron chi connectivity index (χ3n) is 5.69. The molecule has 196 valence electrons. The van der Waals surface area contributed by atoms with E-state index in [2.05, 4.69) is 6.58 Å². The van der Waals surface area contributed by atoms with Gasteiger partial charge in [0.05, 0.1) is 5.92 Å². The fourth-order valence-corrected chi connectivity index (χ4v) is 3.70. The van der Waals surface area contributed by atoms with Gasteiger partial charge in [-0.2, -0.15) is 0 Å². The molecule has 0 aliphatic heterocycles. The van der Waals surface area contributed by atoms with Crippen LogP contribution in [0.5, 0.6) is 0 Å². The molecule has 0 heterocycles. The van der Waals surface area contributed by atoms with Gasteiger partial charge in [-0.05, 0) is 71.8 Å². The molecule has 1 aliphatic rings. The fraction of sp³-hybridized carbons (Fsp3) is 0.621. The van der Waals surface area contributed by atoms with Crippen molar-refractivity contribution in [3.63, 3.8) is 0 Å². The zero-order valence-electron chi connectivity index (χ0n) is 22.9. The first-order valence-corrected chi connectivity index (χ1v) is 12.2. The molecule has 0 unspecified atom stereocenters. The van der Waals surface area contributed by atoms with E-state index in [-0.39, 0.29) is 30.6 Å². The van der Waals surface area contributed by atoms with Crippen molar-refractivity contribution in [1.82, 2.24) is 0 Å². The van der Waals surface area contributed by atoms with Gasteiger partial charge in [-0.3, -0.25) is 14.4 Å². The standard InChI is InChI=1S/C29H44O6/c1-11-20-15-16-21(26(2,3)4)17-19-29(24(32)34-27(5,6)7,25(33)35-28(8,9)10)18-13-12-14-22(20)23(30)31/h11-13,15-17,20,22H,1,14,18-19H2,2-10H3,(H,30,31)/b13-12+,16-15+,21-17-/t20-,22+/m0/s1. The second kappa shape index (κ2) is 11.4. The van der Waals surface area contributed by atoms with Crippen LogP contribution in [0.2, 0.25) is 0 Å². The number of aliphatic carboxylic acids is 1. The van der Waals surface area contributed by atoms with E-state index < -0.39 is 40.4 Å². The quantitative estimate of drug-likeness (QED) is 0.279. The predicted molar refractivity (Wildman–Crippen MR) is 139 cm³/mol. The molecular formula is C29H44O6. The molecule has 0 saturated heterocycles. The van der Waals surface area contributed by atoms with Crippen molar-refractivity contribution in [2.24, 2.45) is 22.7 Å². The van der Waals surface area contributed by atoms with Gasteiger partial charge in [0.2, 0.25) is 0 Å². The molecule has 0 bridgehead atoms. The maximum atomic E-state index is 13.6. The van der Waals surface area contributed by atoms with Crippen LogP contribution < -0.4 is 0 Å². The summed E-state index contributed by atoms with van der Waals surface area (Å²) in [5.41, 5.74) is -2.68. The topological polar surface area (TPSA) is 89.9 Å². The molecule has 6 nitrogen and oxygen atoms in total. The first-order valence-electron chi connectivity index (χ1n) is 12.2. The van der Waals surface area contributed by atoms with Crippen LogP contribution in [0.25, 0.3) is 0 Å². The fourth-order valence-electron chi connectivity index (χ4n) is 3.70. The Morgan fingerprint density at radius 2 is 1.46 bits per heavy atom. The Morgan fingerprint density at radius 1 is 0.943 bits per heavy atom. The number of carbonyl (C=O) groups is 3. The Balaban J connectivity index is 3.79. The van der Waals surface area contributed by atoms with E-state index in [1.807, 2.05) is 39.0 Å². The minimum Gasteiger partial charge on any atom is -0.481 e. The van der Waals surface area contributed by atoms with E-state index >= 15 is 0 Å². The van der Waals surface area contributed by atoms with Gasteiger partial charge >= 0.3 is 17.9 Å². The van der Waals surface area contributed by atoms with Gasteiger partial charge in [0.25, 0.3) is 0 Å². The molecule has 0 amide bonds. The van der Waals surface area contributed by atoms with Crippen LogP contribution in [-0.2, 0) is 23.9 Å². The molecular weight excluding hydrogens is 444 g/mol. The molecule has 0 radical (unpaired) electrons. The summed E-state index contributed by atoms with van der Waals surface area (Å²) >= 11 is 0. The molecule has 0 aromatic carbocycles. The summed E-state index contributed by atoms with van der Waals surface area (Å²) in [7, 11) is 0. The van der Waals surface area contributed by atoms with Crippen molar-refractivity contribution in [1.29, 1.82) is 0 Å². The van der Waals surface area contributed by atoms with Crippen LogP contribution in [-0.4, -0.2) is 34.2 Å². The number of carbonyl (C=O) groups excluding carboxylic acids is 2. The molecule has 6 heteroatoms. The predicted octanol–water partition coefficient (Wildman–Crippen LogP) is 6.43. The van der Waals surface area contributed by atoms with Gasteiger partial charge in [-0.1, -0.05) is 57.2 Å². The normalized spacial score (nSPS) is 25.0. The van der Waals surface area contributed by atoms with E-state index in [0.717, 1.165) is 5.57 Å². The maximum absolute atomic E-state index is 13.6. The number of hydrogen-bond acceptors (Lipinski definition) is 5. The van der Waals surface area contributed by atoms with Gasteiger partial charge in [0.15, 0.2) is 5.41 Å². The Morgan fingerprint density at radius 3 is 1.86 bits per heavy atom. The van der Waals surface area contributed by atoms with Crippen molar-refractivity contribution < 1.29 is 29.0 Å². The van der Waals surface area contributed by atoms with Crippen LogP contribution in [0.15, 0.2) is 48.6 Å². The van der Waals surface area contributed by atoms with Crippen LogP contribution >= 0.6 is 0 Å². The van der Waals surface area contributed by atoms with Crippen LogP contribution in [0.4, 0.5) is 0 Å². The summed E-state index contributed by atoms with van der Waals surface area (Å²) < 4.78 is 11.5. The van der Waals surface area contributed by atoms with Crippen molar-refractivity contribution >= 4 is 17.9 Å². The lowest BCUT2D eigenvalue weighted by atomic mass is 9.76. The molecule has 1 aliphatic carbocycles. The van der Waals surface area contributed by atoms with Crippen molar-refractivity contribution in [3.05, 3.63) is 48.6 Å². The van der Waals surface area contributed by atoms with Gasteiger partial charge in [0, 0.05) is 5.92 Å². The van der Waals surface area contributed by atoms with Gasteiger partial charge in [-0.15, -0.1) is 6.58 Å². The molecule has 0 saturated carbocycles. The minimum absolute atomic E-state index is 0.0273. The number of hydrogen-bond donors (Lipinski definition) is 1. The lowest BCUT2D eigenvalue weighted by Gasteiger charge is -2.34. The highest BCUT2D eigenvalue weighted by Crippen LogP contribution is 2.38. The average Bonchev–Trinajstić information content (AvgIpc) is 2.64. The Hall–Kier alpha value is -2.63. The number of rotatable bonds is 4. The first kappa shape index (κ1) is 30.4. The summed E-state index contributed by atoms with van der Waals surface area (Å²) in [6.45, 7) is 20.4. The van der Waals surface area contributed by atoms with E-state index in [1.165, 1.54) is 0 Å². The molecule has 1 N–H and O–H groups in total. The second-order valence-electron chi connectivity index (χ2n) is 12.2. The van der Waals surface area contributed by atoms with Gasteiger partial charge in [0.1, 0.15) is 11.2 Å². The Labute approximate surface area is 211 Å². The summed E-state index contributed by atoms with van der Waals surface area (Å²) in [4.78, 5) is 39.2. The lowest BCUT2D eigenvalue weighted by molar-refractivity contribution is -0.185. The molecule has 0 fully saturated rings. The number of carboxylic acids is 1. The number of ether oxygens (including phenoxy) is 2. The summed E-state index contributed by atoms with van der Waals surface area (Å²) in [5.74, 6) is -3.35. The van der Waals surface area contributed by atoms with E-state index in [1.54, 1.807) is 59.8 Å². The number of allylic oxidation sites excluding steroid dienone is 7. The lowest BCUT2D eigenvalue weighted by Crippen LogP contribution is -2.46. The summed E-state index contributed by atoms with van der Waals surface area (Å²) in [6, 6.07) is 0. The molecule has 0 aromatic rings. The third kappa shape index (κ3) is 9.15. The highest BCUT2D eigenvalue weighted by Gasteiger charge is 2.50. The smallest absolute Gasteiger partial charge is 0.324 e. The Bertz CT molecular complexity index is 856. The highest BCUT2D eigenvalue weighted by atomic mass is 16.6. The first-order chi connectivity index (χ1) is 15.8. The number of esters is 2. The van der Waals surface area contributed by atoms with Gasteiger partial charge in [-0.25, -0.2) is 0 Å². The van der Waals surface area contributed by atoms with E-state index in [4.69, 9.17) is 9.47 Å².